The first-order valence-electron chi connectivity index (χ1n) is 4.71. The number of rotatable bonds is 6. The van der Waals surface area contributed by atoms with Gasteiger partial charge in [-0.2, -0.15) is 0 Å². The number of carbonyl (C=O) groups is 2. The van der Waals surface area contributed by atoms with E-state index in [0.29, 0.717) is 12.3 Å². The Hall–Kier alpha value is -0.970. The van der Waals surface area contributed by atoms with Crippen LogP contribution in [0.1, 0.15) is 26.7 Å². The fraction of sp³-hybridized carbons (Fsp3) is 0.778. The van der Waals surface area contributed by atoms with E-state index in [1.807, 2.05) is 0 Å². The molecule has 0 aliphatic carbocycles. The molecule has 0 spiro atoms. The van der Waals surface area contributed by atoms with Crippen LogP contribution in [0, 0.1) is 0 Å². The number of alkyl halides is 1. The molecule has 0 radical (unpaired) electrons. The largest absolute Gasteiger partial charge is 0.450 e. The van der Waals surface area contributed by atoms with Crippen LogP contribution in [-0.4, -0.2) is 30.0 Å². The van der Waals surface area contributed by atoms with E-state index in [1.54, 1.807) is 0 Å². The maximum atomic E-state index is 11.2. The van der Waals surface area contributed by atoms with Crippen LogP contribution in [0.2, 0.25) is 0 Å². The Morgan fingerprint density at radius 2 is 2.00 bits per heavy atom. The zero-order valence-electron chi connectivity index (χ0n) is 9.01. The Balaban J connectivity index is 3.79. The minimum Gasteiger partial charge on any atom is -0.450 e. The van der Waals surface area contributed by atoms with Crippen molar-refractivity contribution in [2.45, 2.75) is 32.2 Å². The minimum atomic E-state index is -1.09. The second kappa shape index (κ2) is 6.50. The fourth-order valence-corrected chi connectivity index (χ4v) is 0.903. The van der Waals surface area contributed by atoms with Crippen molar-refractivity contribution in [3.8, 4) is 0 Å². The summed E-state index contributed by atoms with van der Waals surface area (Å²) in [4.78, 5) is 22.0. The van der Waals surface area contributed by atoms with E-state index in [1.165, 1.54) is 13.8 Å². The third-order valence-electron chi connectivity index (χ3n) is 1.79. The summed E-state index contributed by atoms with van der Waals surface area (Å²) in [5.74, 6) is -0.0715. The van der Waals surface area contributed by atoms with Crippen LogP contribution in [0.3, 0.4) is 0 Å². The van der Waals surface area contributed by atoms with Gasteiger partial charge in [0.1, 0.15) is 5.54 Å². The van der Waals surface area contributed by atoms with Crippen molar-refractivity contribution in [1.29, 1.82) is 0 Å². The standard InChI is InChI=1S/C9H17ClN2O3/c1-9(2,7(11)13)12-8(14)15-6-4-3-5-10/h3-6H2,1-2H3,(H2,11,13)(H,12,14). The molecule has 5 nitrogen and oxygen atoms in total. The average molecular weight is 237 g/mol. The highest BCUT2D eigenvalue weighted by Gasteiger charge is 2.27. The monoisotopic (exact) mass is 236 g/mol. The predicted octanol–water partition coefficient (Wildman–Crippen LogP) is 0.995. The highest BCUT2D eigenvalue weighted by atomic mass is 35.5. The van der Waals surface area contributed by atoms with Gasteiger partial charge in [-0.05, 0) is 26.7 Å². The van der Waals surface area contributed by atoms with E-state index < -0.39 is 17.5 Å². The lowest BCUT2D eigenvalue weighted by Crippen LogP contribution is -2.53. The molecule has 3 N–H and O–H groups in total. The molecular weight excluding hydrogens is 220 g/mol. The molecule has 0 aliphatic rings. The van der Waals surface area contributed by atoms with E-state index >= 15 is 0 Å². The van der Waals surface area contributed by atoms with Crippen molar-refractivity contribution in [3.05, 3.63) is 0 Å². The molecule has 0 aromatic rings. The molecule has 0 bridgehead atoms. The van der Waals surface area contributed by atoms with Crippen molar-refractivity contribution < 1.29 is 14.3 Å². The lowest BCUT2D eigenvalue weighted by atomic mass is 10.1. The molecule has 0 saturated heterocycles. The van der Waals surface area contributed by atoms with Gasteiger partial charge in [0.25, 0.3) is 0 Å². The Labute approximate surface area is 94.3 Å². The first-order valence-corrected chi connectivity index (χ1v) is 5.24. The average Bonchev–Trinajstić information content (AvgIpc) is 2.11. The van der Waals surface area contributed by atoms with Crippen molar-refractivity contribution >= 4 is 23.6 Å². The van der Waals surface area contributed by atoms with Crippen molar-refractivity contribution in [1.82, 2.24) is 5.32 Å². The van der Waals surface area contributed by atoms with Gasteiger partial charge in [-0.15, -0.1) is 11.6 Å². The number of halogens is 1. The van der Waals surface area contributed by atoms with Gasteiger partial charge in [-0.1, -0.05) is 0 Å². The molecule has 0 saturated carbocycles. The van der Waals surface area contributed by atoms with E-state index in [-0.39, 0.29) is 6.61 Å². The quantitative estimate of drug-likeness (QED) is 0.533. The fourth-order valence-electron chi connectivity index (χ4n) is 0.714. The number of hydrogen-bond acceptors (Lipinski definition) is 3. The molecule has 0 aromatic heterocycles. The zero-order valence-corrected chi connectivity index (χ0v) is 9.76. The van der Waals surface area contributed by atoms with Gasteiger partial charge >= 0.3 is 6.09 Å². The van der Waals surface area contributed by atoms with Crippen molar-refractivity contribution in [2.75, 3.05) is 12.5 Å². The van der Waals surface area contributed by atoms with Crippen molar-refractivity contribution in [3.63, 3.8) is 0 Å². The summed E-state index contributed by atoms with van der Waals surface area (Å²) in [6, 6.07) is 0. The first-order chi connectivity index (χ1) is 6.90. The van der Waals surface area contributed by atoms with Crippen LogP contribution in [0.5, 0.6) is 0 Å². The maximum absolute atomic E-state index is 11.2. The number of hydrogen-bond donors (Lipinski definition) is 2. The van der Waals surface area contributed by atoms with Gasteiger partial charge in [-0.25, -0.2) is 4.79 Å². The Bertz CT molecular complexity index is 231. The van der Waals surface area contributed by atoms with Gasteiger partial charge in [0, 0.05) is 5.88 Å². The molecule has 0 atom stereocenters. The van der Waals surface area contributed by atoms with Crippen LogP contribution >= 0.6 is 11.6 Å². The number of alkyl carbamates (subject to hydrolysis) is 1. The lowest BCUT2D eigenvalue weighted by Gasteiger charge is -2.21. The summed E-state index contributed by atoms with van der Waals surface area (Å²) >= 11 is 5.45. The van der Waals surface area contributed by atoms with Gasteiger partial charge in [0.05, 0.1) is 6.61 Å². The summed E-state index contributed by atoms with van der Waals surface area (Å²) in [5.41, 5.74) is 3.97. The first kappa shape index (κ1) is 14.0. The third kappa shape index (κ3) is 6.17. The molecule has 2 amide bonds. The second-order valence-electron chi connectivity index (χ2n) is 3.65. The van der Waals surface area contributed by atoms with Gasteiger partial charge in [0.2, 0.25) is 5.91 Å². The summed E-state index contributed by atoms with van der Waals surface area (Å²) in [5, 5.41) is 2.36. The number of primary amides is 1. The van der Waals surface area contributed by atoms with Crippen LogP contribution in [0.4, 0.5) is 4.79 Å². The van der Waals surface area contributed by atoms with Crippen LogP contribution in [0.25, 0.3) is 0 Å². The number of nitrogens with two attached hydrogens (primary N) is 1. The SMILES string of the molecule is CC(C)(NC(=O)OCCCCCl)C(N)=O. The smallest absolute Gasteiger partial charge is 0.407 e. The summed E-state index contributed by atoms with van der Waals surface area (Å²) in [6.45, 7) is 3.30. The molecule has 15 heavy (non-hydrogen) atoms. The van der Waals surface area contributed by atoms with Gasteiger partial charge < -0.3 is 15.8 Å². The van der Waals surface area contributed by atoms with Gasteiger partial charge in [0.15, 0.2) is 0 Å². The Morgan fingerprint density at radius 1 is 1.40 bits per heavy atom. The van der Waals surface area contributed by atoms with E-state index in [9.17, 15) is 9.59 Å². The normalized spacial score (nSPS) is 10.9. The molecule has 0 unspecified atom stereocenters. The van der Waals surface area contributed by atoms with E-state index in [2.05, 4.69) is 5.32 Å². The second-order valence-corrected chi connectivity index (χ2v) is 4.02. The molecule has 0 aliphatic heterocycles. The van der Waals surface area contributed by atoms with E-state index in [4.69, 9.17) is 22.1 Å². The molecule has 88 valence electrons. The van der Waals surface area contributed by atoms with Crippen molar-refractivity contribution in [2.24, 2.45) is 5.73 Å². The summed E-state index contributed by atoms with van der Waals surface area (Å²) in [6.07, 6.45) is 0.843. The molecule has 0 heterocycles. The number of carbonyl (C=O) groups excluding carboxylic acids is 2. The predicted molar refractivity (Wildman–Crippen MR) is 57.7 cm³/mol. The number of ether oxygens (including phenoxy) is 1. The molecule has 0 fully saturated rings. The number of amides is 2. The summed E-state index contributed by atoms with van der Waals surface area (Å²) in [7, 11) is 0. The maximum Gasteiger partial charge on any atom is 0.407 e. The van der Waals surface area contributed by atoms with Gasteiger partial charge in [-0.3, -0.25) is 4.79 Å². The van der Waals surface area contributed by atoms with E-state index in [0.717, 1.165) is 6.42 Å². The third-order valence-corrected chi connectivity index (χ3v) is 2.06. The molecule has 6 heteroatoms. The molecule has 0 aromatic carbocycles. The number of unbranched alkanes of at least 4 members (excludes halogenated alkanes) is 1. The summed E-state index contributed by atoms with van der Waals surface area (Å²) < 4.78 is 4.81. The number of nitrogens with one attached hydrogen (secondary N) is 1. The Kier molecular flexibility index (Phi) is 6.08. The topological polar surface area (TPSA) is 81.4 Å². The molecule has 0 rings (SSSR count). The van der Waals surface area contributed by atoms with Crippen LogP contribution in [-0.2, 0) is 9.53 Å². The van der Waals surface area contributed by atoms with Crippen LogP contribution in [0.15, 0.2) is 0 Å². The van der Waals surface area contributed by atoms with Crippen LogP contribution < -0.4 is 11.1 Å². The minimum absolute atomic E-state index is 0.285. The molecular formula is C9H17ClN2O3. The lowest BCUT2D eigenvalue weighted by molar-refractivity contribution is -0.123. The zero-order chi connectivity index (χ0) is 11.9. The highest BCUT2D eigenvalue weighted by molar-refractivity contribution is 6.17. The highest BCUT2D eigenvalue weighted by Crippen LogP contribution is 2.01. The Morgan fingerprint density at radius 3 is 2.47 bits per heavy atom.